The summed E-state index contributed by atoms with van der Waals surface area (Å²) in [6, 6.07) is 5.23. The molecule has 0 fully saturated rings. The first-order valence-electron chi connectivity index (χ1n) is 4.03. The van der Waals surface area contributed by atoms with Crippen molar-refractivity contribution in [1.29, 1.82) is 0 Å². The predicted octanol–water partition coefficient (Wildman–Crippen LogP) is -0.231. The van der Waals surface area contributed by atoms with E-state index in [-0.39, 0.29) is 13.2 Å². The van der Waals surface area contributed by atoms with Gasteiger partial charge in [0.25, 0.3) is 0 Å². The van der Waals surface area contributed by atoms with Gasteiger partial charge < -0.3 is 10.2 Å². The van der Waals surface area contributed by atoms with Crippen LogP contribution in [0.3, 0.4) is 0 Å². The molecule has 0 aliphatic heterocycles. The average molecular weight is 187 g/mol. The third kappa shape index (κ3) is 3.28. The maximum absolute atomic E-state index is 8.48. The summed E-state index contributed by atoms with van der Waals surface area (Å²) >= 11 is 0. The zero-order valence-corrected chi connectivity index (χ0v) is 7.49. The number of pyridine rings is 1. The van der Waals surface area contributed by atoms with Gasteiger partial charge >= 0.3 is 0 Å². The van der Waals surface area contributed by atoms with Gasteiger partial charge in [0.05, 0.1) is 0 Å². The number of aliphatic hydroxyl groups is 2. The van der Waals surface area contributed by atoms with Gasteiger partial charge in [-0.15, -0.1) is 0 Å². The van der Waals surface area contributed by atoms with Gasteiger partial charge in [-0.25, -0.2) is 4.98 Å². The Kier molecular flexibility index (Phi) is 4.23. The summed E-state index contributed by atoms with van der Waals surface area (Å²) in [4.78, 5) is 4.08. The van der Waals surface area contributed by atoms with Crippen LogP contribution in [0.15, 0.2) is 18.2 Å². The van der Waals surface area contributed by atoms with Crippen LogP contribution in [0.5, 0.6) is 0 Å². The zero-order chi connectivity index (χ0) is 10.2. The minimum atomic E-state index is -0.186. The van der Waals surface area contributed by atoms with E-state index in [9.17, 15) is 0 Å². The van der Waals surface area contributed by atoms with Crippen molar-refractivity contribution in [1.82, 2.24) is 4.98 Å². The van der Waals surface area contributed by atoms with Gasteiger partial charge in [0, 0.05) is 0 Å². The van der Waals surface area contributed by atoms with Crippen molar-refractivity contribution in [3.63, 3.8) is 0 Å². The van der Waals surface area contributed by atoms with Crippen LogP contribution in [0.1, 0.15) is 11.4 Å². The average Bonchev–Trinajstić information content (AvgIpc) is 2.24. The van der Waals surface area contributed by atoms with Crippen molar-refractivity contribution in [3.05, 3.63) is 29.6 Å². The van der Waals surface area contributed by atoms with Crippen LogP contribution in [0.4, 0.5) is 0 Å². The van der Waals surface area contributed by atoms with E-state index in [1.165, 1.54) is 0 Å². The van der Waals surface area contributed by atoms with E-state index < -0.39 is 0 Å². The molecule has 0 bridgehead atoms. The predicted molar refractivity (Wildman–Crippen MR) is 52.2 cm³/mol. The summed E-state index contributed by atoms with van der Waals surface area (Å²) in [5, 5.41) is 17.0. The second-order valence-electron chi connectivity index (χ2n) is 2.33. The molecule has 0 spiro atoms. The van der Waals surface area contributed by atoms with Crippen molar-refractivity contribution in [2.45, 2.75) is 0 Å². The van der Waals surface area contributed by atoms with Crippen molar-refractivity contribution in [3.8, 4) is 23.7 Å². The third-order valence-electron chi connectivity index (χ3n) is 1.34. The molecule has 70 valence electrons. The molecule has 1 rings (SSSR count). The topological polar surface area (TPSA) is 53.4 Å². The summed E-state index contributed by atoms with van der Waals surface area (Å²) in [6.45, 7) is -0.373. The van der Waals surface area contributed by atoms with Crippen LogP contribution in [0.2, 0.25) is 0 Å². The fraction of sp³-hybridized carbons (Fsp3) is 0.182. The molecule has 3 heteroatoms. The van der Waals surface area contributed by atoms with Crippen molar-refractivity contribution in [2.75, 3.05) is 13.2 Å². The largest absolute Gasteiger partial charge is 0.384 e. The molecular weight excluding hydrogens is 178 g/mol. The summed E-state index contributed by atoms with van der Waals surface area (Å²) in [5.41, 5.74) is 1.12. The highest BCUT2D eigenvalue weighted by Crippen LogP contribution is 1.95. The molecule has 3 nitrogen and oxygen atoms in total. The second-order valence-corrected chi connectivity index (χ2v) is 2.33. The summed E-state index contributed by atoms with van der Waals surface area (Å²) < 4.78 is 0. The monoisotopic (exact) mass is 187 g/mol. The van der Waals surface area contributed by atoms with Crippen molar-refractivity contribution in [2.24, 2.45) is 0 Å². The van der Waals surface area contributed by atoms with Crippen LogP contribution in [-0.2, 0) is 0 Å². The fourth-order valence-electron chi connectivity index (χ4n) is 0.834. The molecule has 0 aromatic carbocycles. The summed E-state index contributed by atoms with van der Waals surface area (Å²) in [7, 11) is 0. The maximum atomic E-state index is 8.48. The highest BCUT2D eigenvalue weighted by molar-refractivity contribution is 5.34. The first-order chi connectivity index (χ1) is 6.86. The first kappa shape index (κ1) is 10.3. The minimum absolute atomic E-state index is 0.186. The van der Waals surface area contributed by atoms with E-state index in [1.54, 1.807) is 18.2 Å². The molecule has 0 unspecified atom stereocenters. The summed E-state index contributed by atoms with van der Waals surface area (Å²) in [6.07, 6.45) is 0. The third-order valence-corrected chi connectivity index (χ3v) is 1.34. The molecule has 0 atom stereocenters. The van der Waals surface area contributed by atoms with Gasteiger partial charge in [0.1, 0.15) is 24.6 Å². The van der Waals surface area contributed by atoms with Crippen LogP contribution in [0.25, 0.3) is 0 Å². The van der Waals surface area contributed by atoms with Crippen molar-refractivity contribution >= 4 is 0 Å². The quantitative estimate of drug-likeness (QED) is 0.551. The smallest absolute Gasteiger partial charge is 0.114 e. The SMILES string of the molecule is OCC#Cc1cccc(C#CCO)n1. The van der Waals surface area contributed by atoms with E-state index >= 15 is 0 Å². The molecule has 1 aromatic rings. The Labute approximate surface area is 82.4 Å². The molecule has 0 radical (unpaired) electrons. The Bertz CT molecular complexity index is 381. The molecule has 0 aliphatic carbocycles. The molecule has 0 amide bonds. The van der Waals surface area contributed by atoms with Crippen LogP contribution >= 0.6 is 0 Å². The normalized spacial score (nSPS) is 8.14. The Morgan fingerprint density at radius 1 is 1.00 bits per heavy atom. The molecule has 0 saturated carbocycles. The maximum Gasteiger partial charge on any atom is 0.114 e. The van der Waals surface area contributed by atoms with E-state index in [4.69, 9.17) is 10.2 Å². The van der Waals surface area contributed by atoms with E-state index in [0.717, 1.165) is 0 Å². The summed E-state index contributed by atoms with van der Waals surface area (Å²) in [5.74, 6) is 10.3. The molecule has 1 aromatic heterocycles. The number of rotatable bonds is 0. The van der Waals surface area contributed by atoms with Crippen LogP contribution in [-0.4, -0.2) is 28.4 Å². The Balaban J connectivity index is 2.89. The fourth-order valence-corrected chi connectivity index (χ4v) is 0.834. The number of hydrogen-bond acceptors (Lipinski definition) is 3. The Morgan fingerprint density at radius 3 is 1.93 bits per heavy atom. The standard InChI is InChI=1S/C11H9NO2/c13-8-2-6-10-4-1-5-11(12-10)7-3-9-14/h1,4-5,13-14H,8-9H2. The highest BCUT2D eigenvalue weighted by atomic mass is 16.3. The zero-order valence-electron chi connectivity index (χ0n) is 7.49. The first-order valence-corrected chi connectivity index (χ1v) is 4.03. The van der Waals surface area contributed by atoms with Crippen LogP contribution < -0.4 is 0 Å². The Hall–Kier alpha value is -1.81. The van der Waals surface area contributed by atoms with Gasteiger partial charge in [-0.05, 0) is 24.0 Å². The van der Waals surface area contributed by atoms with E-state index in [0.29, 0.717) is 11.4 Å². The van der Waals surface area contributed by atoms with E-state index in [2.05, 4.69) is 28.7 Å². The number of hydrogen-bond donors (Lipinski definition) is 2. The molecule has 1 heterocycles. The lowest BCUT2D eigenvalue weighted by atomic mass is 10.3. The second kappa shape index (κ2) is 5.77. The van der Waals surface area contributed by atoms with Crippen LogP contribution in [0, 0.1) is 23.7 Å². The number of nitrogens with zero attached hydrogens (tertiary/aromatic N) is 1. The lowest BCUT2D eigenvalue weighted by Crippen LogP contribution is -1.87. The van der Waals surface area contributed by atoms with Crippen molar-refractivity contribution < 1.29 is 10.2 Å². The lowest BCUT2D eigenvalue weighted by molar-refractivity contribution is 0.350. The van der Waals surface area contributed by atoms with E-state index in [1.807, 2.05) is 0 Å². The highest BCUT2D eigenvalue weighted by Gasteiger charge is 1.90. The molecular formula is C11H9NO2. The van der Waals surface area contributed by atoms with Gasteiger partial charge in [-0.2, -0.15) is 0 Å². The number of aromatic nitrogens is 1. The van der Waals surface area contributed by atoms with Gasteiger partial charge in [-0.3, -0.25) is 0 Å². The van der Waals surface area contributed by atoms with Gasteiger partial charge in [0.15, 0.2) is 0 Å². The number of aliphatic hydroxyl groups excluding tert-OH is 2. The Morgan fingerprint density at radius 2 is 1.50 bits per heavy atom. The van der Waals surface area contributed by atoms with Gasteiger partial charge in [-0.1, -0.05) is 17.9 Å². The molecule has 14 heavy (non-hydrogen) atoms. The van der Waals surface area contributed by atoms with Gasteiger partial charge in [0.2, 0.25) is 0 Å². The molecule has 0 aliphatic rings. The molecule has 0 saturated heterocycles. The lowest BCUT2D eigenvalue weighted by Gasteiger charge is -1.90. The minimum Gasteiger partial charge on any atom is -0.384 e. The molecule has 2 N–H and O–H groups in total.